The molecule has 146 valence electrons. The van der Waals surface area contributed by atoms with Crippen LogP contribution >= 0.6 is 23.2 Å². The number of carboxylic acid groups (broad SMARTS) is 1. The minimum Gasteiger partial charge on any atom is -0.478 e. The van der Waals surface area contributed by atoms with Gasteiger partial charge >= 0.3 is 11.7 Å². The number of halogens is 2. The fraction of sp³-hybridized carbons (Fsp3) is 0.300. The van der Waals surface area contributed by atoms with Crippen molar-refractivity contribution < 1.29 is 9.90 Å². The van der Waals surface area contributed by atoms with E-state index in [0.29, 0.717) is 33.5 Å². The van der Waals surface area contributed by atoms with Gasteiger partial charge in [0.25, 0.3) is 0 Å². The van der Waals surface area contributed by atoms with Crippen LogP contribution in [0.25, 0.3) is 11.0 Å². The Labute approximate surface area is 171 Å². The predicted molar refractivity (Wildman–Crippen MR) is 109 cm³/mol. The molecule has 0 amide bonds. The van der Waals surface area contributed by atoms with E-state index in [2.05, 4.69) is 9.88 Å². The summed E-state index contributed by atoms with van der Waals surface area (Å²) in [5.41, 5.74) is 2.27. The summed E-state index contributed by atoms with van der Waals surface area (Å²) in [4.78, 5) is 28.7. The van der Waals surface area contributed by atoms with Crippen LogP contribution in [0.15, 0.2) is 41.2 Å². The molecule has 1 unspecified atom stereocenters. The number of imidazole rings is 1. The van der Waals surface area contributed by atoms with Gasteiger partial charge in [-0.1, -0.05) is 29.3 Å². The van der Waals surface area contributed by atoms with Crippen molar-refractivity contribution in [1.82, 2.24) is 14.5 Å². The van der Waals surface area contributed by atoms with Gasteiger partial charge in [0.15, 0.2) is 0 Å². The van der Waals surface area contributed by atoms with Crippen molar-refractivity contribution in [2.75, 3.05) is 13.1 Å². The van der Waals surface area contributed by atoms with Crippen LogP contribution in [0.2, 0.25) is 10.0 Å². The number of likely N-dealkylation sites (tertiary alicyclic amines) is 1. The smallest absolute Gasteiger partial charge is 0.335 e. The van der Waals surface area contributed by atoms with Crippen molar-refractivity contribution in [2.45, 2.75) is 19.5 Å². The highest BCUT2D eigenvalue weighted by Gasteiger charge is 2.25. The number of carboxylic acids is 1. The van der Waals surface area contributed by atoms with Gasteiger partial charge in [-0.05, 0) is 54.8 Å². The van der Waals surface area contributed by atoms with Crippen molar-refractivity contribution in [3.63, 3.8) is 0 Å². The number of fused-ring (bicyclic) bond motifs is 1. The van der Waals surface area contributed by atoms with E-state index < -0.39 is 5.97 Å². The van der Waals surface area contributed by atoms with Crippen LogP contribution in [-0.4, -0.2) is 38.6 Å². The van der Waals surface area contributed by atoms with Crippen LogP contribution in [0, 0.1) is 5.92 Å². The van der Waals surface area contributed by atoms with Gasteiger partial charge in [-0.15, -0.1) is 0 Å². The first-order valence-electron chi connectivity index (χ1n) is 9.03. The van der Waals surface area contributed by atoms with Gasteiger partial charge in [0, 0.05) is 29.7 Å². The van der Waals surface area contributed by atoms with Gasteiger partial charge in [0.05, 0.1) is 16.6 Å². The topological polar surface area (TPSA) is 78.3 Å². The second-order valence-electron chi connectivity index (χ2n) is 7.20. The Morgan fingerprint density at radius 2 is 2.04 bits per heavy atom. The van der Waals surface area contributed by atoms with Crippen LogP contribution in [-0.2, 0) is 13.1 Å². The van der Waals surface area contributed by atoms with Crippen LogP contribution in [0.4, 0.5) is 0 Å². The molecule has 4 rings (SSSR count). The number of nitrogens with one attached hydrogen (secondary N) is 1. The van der Waals surface area contributed by atoms with Crippen molar-refractivity contribution in [1.29, 1.82) is 0 Å². The SMILES string of the molecule is O=C(O)c1ccc2[nH]c(=O)n(CC3CCN(Cc4ccc(Cl)cc4Cl)C3)c2c1. The molecule has 2 heterocycles. The maximum absolute atomic E-state index is 12.4. The van der Waals surface area contributed by atoms with E-state index >= 15 is 0 Å². The first kappa shape index (κ1) is 19.1. The van der Waals surface area contributed by atoms with E-state index in [1.807, 2.05) is 12.1 Å². The second-order valence-corrected chi connectivity index (χ2v) is 8.05. The van der Waals surface area contributed by atoms with Crippen molar-refractivity contribution >= 4 is 40.2 Å². The molecular weight excluding hydrogens is 401 g/mol. The number of hydrogen-bond donors (Lipinski definition) is 2. The number of benzene rings is 2. The van der Waals surface area contributed by atoms with Gasteiger partial charge < -0.3 is 10.1 Å². The summed E-state index contributed by atoms with van der Waals surface area (Å²) >= 11 is 12.2. The Kier molecular flexibility index (Phi) is 5.19. The molecule has 8 heteroatoms. The summed E-state index contributed by atoms with van der Waals surface area (Å²) in [5.74, 6) is -0.703. The summed E-state index contributed by atoms with van der Waals surface area (Å²) in [5, 5.41) is 10.5. The highest BCUT2D eigenvalue weighted by Crippen LogP contribution is 2.26. The van der Waals surface area contributed by atoms with Gasteiger partial charge in [0.1, 0.15) is 0 Å². The molecule has 1 saturated heterocycles. The molecular formula is C20H19Cl2N3O3. The lowest BCUT2D eigenvalue weighted by molar-refractivity contribution is 0.0697. The second kappa shape index (κ2) is 7.62. The third-order valence-corrected chi connectivity index (χ3v) is 5.83. The zero-order valence-electron chi connectivity index (χ0n) is 15.0. The summed E-state index contributed by atoms with van der Waals surface area (Å²) in [6.45, 7) is 3.04. The molecule has 0 bridgehead atoms. The number of carbonyl (C=O) groups is 1. The van der Waals surface area contributed by atoms with Crippen LogP contribution < -0.4 is 5.69 Å². The van der Waals surface area contributed by atoms with Crippen molar-refractivity contribution in [3.8, 4) is 0 Å². The van der Waals surface area contributed by atoms with E-state index in [4.69, 9.17) is 23.2 Å². The number of nitrogens with zero attached hydrogens (tertiary/aromatic N) is 2. The highest BCUT2D eigenvalue weighted by molar-refractivity contribution is 6.35. The summed E-state index contributed by atoms with van der Waals surface area (Å²) in [7, 11) is 0. The molecule has 1 aliphatic heterocycles. The fourth-order valence-electron chi connectivity index (χ4n) is 3.82. The summed E-state index contributed by atoms with van der Waals surface area (Å²) in [6, 6.07) is 10.2. The van der Waals surface area contributed by atoms with E-state index in [1.165, 1.54) is 6.07 Å². The molecule has 0 radical (unpaired) electrons. The number of H-pyrrole nitrogens is 1. The number of aromatic amines is 1. The Bertz CT molecular complexity index is 1110. The highest BCUT2D eigenvalue weighted by atomic mass is 35.5. The molecule has 0 saturated carbocycles. The van der Waals surface area contributed by atoms with E-state index in [0.717, 1.165) is 31.6 Å². The number of aromatic carboxylic acids is 1. The average molecular weight is 420 g/mol. The Morgan fingerprint density at radius 3 is 2.79 bits per heavy atom. The maximum Gasteiger partial charge on any atom is 0.335 e. The predicted octanol–water partition coefficient (Wildman–Crippen LogP) is 3.86. The molecule has 6 nitrogen and oxygen atoms in total. The van der Waals surface area contributed by atoms with Gasteiger partial charge in [-0.2, -0.15) is 0 Å². The Hall–Kier alpha value is -2.28. The molecule has 2 aromatic carbocycles. The molecule has 1 aromatic heterocycles. The lowest BCUT2D eigenvalue weighted by Crippen LogP contribution is -2.25. The molecule has 2 N–H and O–H groups in total. The number of aromatic nitrogens is 2. The lowest BCUT2D eigenvalue weighted by Gasteiger charge is -2.17. The summed E-state index contributed by atoms with van der Waals surface area (Å²) < 4.78 is 1.64. The van der Waals surface area contributed by atoms with Gasteiger partial charge in [-0.25, -0.2) is 9.59 Å². The number of rotatable bonds is 5. The lowest BCUT2D eigenvalue weighted by atomic mass is 10.1. The van der Waals surface area contributed by atoms with Crippen molar-refractivity contribution in [3.05, 3.63) is 68.1 Å². The van der Waals surface area contributed by atoms with E-state index in [1.54, 1.807) is 22.8 Å². The minimum atomic E-state index is -1.01. The van der Waals surface area contributed by atoms with E-state index in [-0.39, 0.29) is 11.3 Å². The number of hydrogen-bond acceptors (Lipinski definition) is 3. The summed E-state index contributed by atoms with van der Waals surface area (Å²) in [6.07, 6.45) is 0.961. The van der Waals surface area contributed by atoms with Gasteiger partial charge in [0.2, 0.25) is 0 Å². The third-order valence-electron chi connectivity index (χ3n) is 5.24. The zero-order valence-corrected chi connectivity index (χ0v) is 16.5. The van der Waals surface area contributed by atoms with E-state index in [9.17, 15) is 14.7 Å². The first-order valence-corrected chi connectivity index (χ1v) is 9.78. The van der Waals surface area contributed by atoms with Gasteiger partial charge in [-0.3, -0.25) is 9.47 Å². The first-order chi connectivity index (χ1) is 13.4. The average Bonchev–Trinajstić information content (AvgIpc) is 3.21. The Morgan fingerprint density at radius 1 is 1.21 bits per heavy atom. The van der Waals surface area contributed by atoms with Crippen LogP contribution in [0.3, 0.4) is 0 Å². The molecule has 3 aromatic rings. The quantitative estimate of drug-likeness (QED) is 0.657. The largest absolute Gasteiger partial charge is 0.478 e. The molecule has 0 spiro atoms. The van der Waals surface area contributed by atoms with Crippen LogP contribution in [0.1, 0.15) is 22.3 Å². The van der Waals surface area contributed by atoms with Crippen LogP contribution in [0.5, 0.6) is 0 Å². The molecule has 28 heavy (non-hydrogen) atoms. The standard InChI is InChI=1S/C20H19Cl2N3O3/c21-15-3-1-14(16(22)8-15)11-24-6-5-12(9-24)10-25-18-7-13(19(26)27)2-4-17(18)23-20(25)28/h1-4,7-8,12H,5-6,9-11H2,(H,23,28)(H,26,27). The zero-order chi connectivity index (χ0) is 19.8. The molecule has 1 fully saturated rings. The minimum absolute atomic E-state index is 0.172. The fourth-order valence-corrected chi connectivity index (χ4v) is 4.29. The monoisotopic (exact) mass is 419 g/mol. The maximum atomic E-state index is 12.4. The van der Waals surface area contributed by atoms with Crippen molar-refractivity contribution in [2.24, 2.45) is 5.92 Å². The molecule has 1 atom stereocenters. The molecule has 0 aliphatic carbocycles. The normalized spacial score (nSPS) is 17.4. The third kappa shape index (κ3) is 3.81. The Balaban J connectivity index is 1.49. The molecule has 1 aliphatic rings.